The molecule has 0 spiro atoms. The Hall–Kier alpha value is -2.38. The van der Waals surface area contributed by atoms with Crippen LogP contribution in [0.1, 0.15) is 18.4 Å². The topological polar surface area (TPSA) is 90.8 Å². The van der Waals surface area contributed by atoms with E-state index in [1.807, 2.05) is 6.07 Å². The number of phenolic OH excluding ortho intramolecular Hbond substituents is 1. The molecule has 2 rings (SSSR count). The van der Waals surface area contributed by atoms with Gasteiger partial charge in [-0.3, -0.25) is 9.59 Å². The molecule has 2 aromatic rings. The first kappa shape index (κ1) is 19.0. The van der Waals surface area contributed by atoms with Crippen LogP contribution in [0.2, 0.25) is 5.02 Å². The second-order valence-electron chi connectivity index (χ2n) is 5.05. The minimum atomic E-state index is -0.415. The van der Waals surface area contributed by atoms with Gasteiger partial charge in [0.1, 0.15) is 5.75 Å². The summed E-state index contributed by atoms with van der Waals surface area (Å²) in [6, 6.07) is 11.6. The molecule has 0 radical (unpaired) electrons. The molecular weight excluding hydrogens is 410 g/mol. The third-order valence-electron chi connectivity index (χ3n) is 3.07. The molecule has 2 amide bonds. The molecule has 0 aromatic heterocycles. The van der Waals surface area contributed by atoms with Crippen molar-refractivity contribution in [2.45, 2.75) is 12.8 Å². The summed E-state index contributed by atoms with van der Waals surface area (Å²) < 4.78 is 0.849. The second-order valence-corrected chi connectivity index (χ2v) is 6.41. The minimum Gasteiger partial charge on any atom is -0.507 e. The van der Waals surface area contributed by atoms with Crippen LogP contribution in [0.3, 0.4) is 0 Å². The molecule has 0 atom stereocenters. The Morgan fingerprint density at radius 3 is 2.68 bits per heavy atom. The van der Waals surface area contributed by atoms with Gasteiger partial charge >= 0.3 is 0 Å². The summed E-state index contributed by atoms with van der Waals surface area (Å²) in [7, 11) is 0. The molecule has 6 nitrogen and oxygen atoms in total. The first-order chi connectivity index (χ1) is 11.9. The van der Waals surface area contributed by atoms with Crippen molar-refractivity contribution in [2.75, 3.05) is 5.32 Å². The maximum Gasteiger partial charge on any atom is 0.240 e. The number of amides is 2. The molecule has 3 N–H and O–H groups in total. The molecule has 0 aliphatic carbocycles. The number of rotatable bonds is 6. The van der Waals surface area contributed by atoms with Gasteiger partial charge in [0.25, 0.3) is 0 Å². The highest BCUT2D eigenvalue weighted by Crippen LogP contribution is 2.19. The Kier molecular flexibility index (Phi) is 6.97. The average Bonchev–Trinajstić information content (AvgIpc) is 2.56. The van der Waals surface area contributed by atoms with Crippen LogP contribution >= 0.6 is 27.5 Å². The maximum atomic E-state index is 11.8. The Bertz CT molecular complexity index is 811. The van der Waals surface area contributed by atoms with Crippen molar-refractivity contribution in [1.29, 1.82) is 0 Å². The summed E-state index contributed by atoms with van der Waals surface area (Å²) in [4.78, 5) is 23.5. The van der Waals surface area contributed by atoms with Gasteiger partial charge in [-0.25, -0.2) is 5.43 Å². The van der Waals surface area contributed by atoms with Crippen LogP contribution in [-0.4, -0.2) is 23.1 Å². The van der Waals surface area contributed by atoms with Crippen LogP contribution in [0.5, 0.6) is 5.75 Å². The monoisotopic (exact) mass is 423 g/mol. The van der Waals surface area contributed by atoms with Crippen molar-refractivity contribution in [3.8, 4) is 5.75 Å². The van der Waals surface area contributed by atoms with Crippen LogP contribution in [-0.2, 0) is 9.59 Å². The van der Waals surface area contributed by atoms with E-state index >= 15 is 0 Å². The molecule has 0 saturated heterocycles. The average molecular weight is 425 g/mol. The number of carbonyl (C=O) groups excluding carboxylic acids is 2. The van der Waals surface area contributed by atoms with Crippen LogP contribution in [0, 0.1) is 0 Å². The fourth-order valence-electron chi connectivity index (χ4n) is 1.88. The number of carbonyl (C=O) groups is 2. The molecule has 0 bridgehead atoms. The third-order valence-corrected chi connectivity index (χ3v) is 3.80. The zero-order valence-electron chi connectivity index (χ0n) is 13.0. The van der Waals surface area contributed by atoms with Gasteiger partial charge in [-0.15, -0.1) is 0 Å². The van der Waals surface area contributed by atoms with E-state index in [9.17, 15) is 14.7 Å². The first-order valence-corrected chi connectivity index (χ1v) is 8.47. The molecule has 25 heavy (non-hydrogen) atoms. The summed E-state index contributed by atoms with van der Waals surface area (Å²) in [6.45, 7) is 0. The van der Waals surface area contributed by atoms with Crippen molar-refractivity contribution < 1.29 is 14.7 Å². The normalized spacial score (nSPS) is 10.6. The van der Waals surface area contributed by atoms with E-state index in [2.05, 4.69) is 31.8 Å². The zero-order chi connectivity index (χ0) is 18.2. The predicted octanol–water partition coefficient (Wildman–Crippen LogP) is 3.68. The maximum absolute atomic E-state index is 11.8. The van der Waals surface area contributed by atoms with E-state index in [1.54, 1.807) is 18.2 Å². The first-order valence-electron chi connectivity index (χ1n) is 7.30. The lowest BCUT2D eigenvalue weighted by Crippen LogP contribution is -2.20. The van der Waals surface area contributed by atoms with Crippen molar-refractivity contribution in [2.24, 2.45) is 5.10 Å². The number of nitrogens with one attached hydrogen (secondary N) is 2. The Balaban J connectivity index is 1.77. The Labute approximate surface area is 158 Å². The quantitative estimate of drug-likeness (QED) is 0.488. The van der Waals surface area contributed by atoms with Crippen molar-refractivity contribution in [1.82, 2.24) is 5.43 Å². The van der Waals surface area contributed by atoms with Gasteiger partial charge in [0.05, 0.1) is 6.21 Å². The van der Waals surface area contributed by atoms with Crippen LogP contribution in [0.4, 0.5) is 5.69 Å². The molecule has 0 fully saturated rings. The fraction of sp³-hybridized carbons (Fsp3) is 0.118. The van der Waals surface area contributed by atoms with Gasteiger partial charge in [-0.2, -0.15) is 5.10 Å². The van der Waals surface area contributed by atoms with Gasteiger partial charge < -0.3 is 10.4 Å². The van der Waals surface area contributed by atoms with Gasteiger partial charge in [-0.05, 0) is 36.4 Å². The van der Waals surface area contributed by atoms with Crippen molar-refractivity contribution >= 4 is 51.2 Å². The van der Waals surface area contributed by atoms with Crippen molar-refractivity contribution in [3.63, 3.8) is 0 Å². The van der Waals surface area contributed by atoms with E-state index in [-0.39, 0.29) is 24.5 Å². The van der Waals surface area contributed by atoms with E-state index in [1.165, 1.54) is 24.4 Å². The molecule has 2 aromatic carbocycles. The Morgan fingerprint density at radius 2 is 1.92 bits per heavy atom. The lowest BCUT2D eigenvalue weighted by Gasteiger charge is -2.05. The highest BCUT2D eigenvalue weighted by atomic mass is 79.9. The van der Waals surface area contributed by atoms with Crippen LogP contribution < -0.4 is 10.7 Å². The third kappa shape index (κ3) is 6.56. The van der Waals surface area contributed by atoms with E-state index < -0.39 is 5.91 Å². The predicted molar refractivity (Wildman–Crippen MR) is 101 cm³/mol. The zero-order valence-corrected chi connectivity index (χ0v) is 15.3. The summed E-state index contributed by atoms with van der Waals surface area (Å²) in [5.74, 6) is -0.692. The molecule has 8 heteroatoms. The highest BCUT2D eigenvalue weighted by Gasteiger charge is 2.07. The molecule has 0 saturated carbocycles. The number of nitrogens with zero attached hydrogens (tertiary/aromatic N) is 1. The summed E-state index contributed by atoms with van der Waals surface area (Å²) in [5, 5.41) is 16.5. The smallest absolute Gasteiger partial charge is 0.240 e. The van der Waals surface area contributed by atoms with E-state index in [4.69, 9.17) is 11.6 Å². The largest absolute Gasteiger partial charge is 0.507 e. The Morgan fingerprint density at radius 1 is 1.16 bits per heavy atom. The number of hydrogen-bond donors (Lipinski definition) is 3. The summed E-state index contributed by atoms with van der Waals surface area (Å²) in [6.07, 6.45) is 1.29. The summed E-state index contributed by atoms with van der Waals surface area (Å²) in [5.41, 5.74) is 3.32. The number of hydrogen-bond acceptors (Lipinski definition) is 4. The summed E-state index contributed by atoms with van der Waals surface area (Å²) >= 11 is 9.13. The number of halogens is 2. The number of benzene rings is 2. The van der Waals surface area contributed by atoms with E-state index in [0.29, 0.717) is 16.3 Å². The van der Waals surface area contributed by atoms with Crippen LogP contribution in [0.15, 0.2) is 52.0 Å². The number of phenols is 1. The van der Waals surface area contributed by atoms with Gasteiger partial charge in [-0.1, -0.05) is 33.6 Å². The molecule has 0 aliphatic heterocycles. The molecule has 0 aliphatic rings. The molecule has 130 valence electrons. The van der Waals surface area contributed by atoms with E-state index in [0.717, 1.165) is 4.47 Å². The van der Waals surface area contributed by atoms with Crippen molar-refractivity contribution in [3.05, 3.63) is 57.5 Å². The number of aromatic hydroxyl groups is 1. The number of anilines is 1. The van der Waals surface area contributed by atoms with Gasteiger partial charge in [0, 0.05) is 33.6 Å². The standard InChI is InChI=1S/C17H15BrClN3O3/c18-12-2-1-3-14(9-12)21-16(24)6-7-17(25)22-20-10-11-8-13(19)4-5-15(11)23/h1-5,8-10,23H,6-7H2,(H,21,24)(H,22,25). The lowest BCUT2D eigenvalue weighted by atomic mass is 10.2. The molecule has 0 unspecified atom stereocenters. The minimum absolute atomic E-state index is 0.00389. The molecular formula is C17H15BrClN3O3. The second kappa shape index (κ2) is 9.19. The van der Waals surface area contributed by atoms with Gasteiger partial charge in [0.15, 0.2) is 0 Å². The van der Waals surface area contributed by atoms with Gasteiger partial charge in [0.2, 0.25) is 11.8 Å². The van der Waals surface area contributed by atoms with Crippen LogP contribution in [0.25, 0.3) is 0 Å². The highest BCUT2D eigenvalue weighted by molar-refractivity contribution is 9.10. The fourth-order valence-corrected chi connectivity index (χ4v) is 2.46. The SMILES string of the molecule is O=C(CCC(=O)Nc1cccc(Br)c1)NN=Cc1cc(Cl)ccc1O. The lowest BCUT2D eigenvalue weighted by molar-refractivity contribution is -0.124. The number of hydrazone groups is 1. The molecule has 0 heterocycles.